The van der Waals surface area contributed by atoms with Crippen LogP contribution in [0.4, 0.5) is 8.78 Å². The maximum Gasteiger partial charge on any atom is 0.387 e. The summed E-state index contributed by atoms with van der Waals surface area (Å²) in [7, 11) is -2.44. The third kappa shape index (κ3) is 5.25. The number of methoxy groups -OCH3 is 1. The smallest absolute Gasteiger partial charge is 0.387 e. The maximum atomic E-state index is 12.4. The van der Waals surface area contributed by atoms with Gasteiger partial charge in [-0.05, 0) is 31.5 Å². The Labute approximate surface area is 146 Å². The van der Waals surface area contributed by atoms with E-state index in [1.54, 1.807) is 7.11 Å². The van der Waals surface area contributed by atoms with Crippen LogP contribution >= 0.6 is 12.4 Å². The van der Waals surface area contributed by atoms with Crippen LogP contribution in [-0.4, -0.2) is 47.4 Å². The quantitative estimate of drug-likeness (QED) is 0.712. The number of hydrogen-bond donors (Lipinski definition) is 2. The normalized spacial score (nSPS) is 20.8. The average molecular weight is 387 g/mol. The summed E-state index contributed by atoms with van der Waals surface area (Å²) in [5.74, 6) is -0.379. The Hall–Kier alpha value is -1.00. The van der Waals surface area contributed by atoms with Crippen LogP contribution in [-0.2, 0) is 14.8 Å². The molecule has 2 N–H and O–H groups in total. The van der Waals surface area contributed by atoms with Crippen molar-refractivity contribution in [3.63, 3.8) is 0 Å². The highest BCUT2D eigenvalue weighted by Gasteiger charge is 2.35. The molecule has 0 saturated carbocycles. The Morgan fingerprint density at radius 1 is 1.38 bits per heavy atom. The molecule has 0 aliphatic carbocycles. The van der Waals surface area contributed by atoms with Crippen LogP contribution in [0.15, 0.2) is 29.2 Å². The number of para-hydroxylation sites is 1. The largest absolute Gasteiger partial charge is 0.433 e. The molecule has 0 amide bonds. The minimum Gasteiger partial charge on any atom is -0.433 e. The number of alkyl halides is 2. The van der Waals surface area contributed by atoms with E-state index in [0.29, 0.717) is 6.61 Å². The van der Waals surface area contributed by atoms with Crippen LogP contribution in [0.1, 0.15) is 12.8 Å². The highest BCUT2D eigenvalue weighted by molar-refractivity contribution is 7.89. The van der Waals surface area contributed by atoms with Gasteiger partial charge in [-0.25, -0.2) is 13.1 Å². The summed E-state index contributed by atoms with van der Waals surface area (Å²) in [6.07, 6.45) is 1.68. The zero-order valence-electron chi connectivity index (χ0n) is 13.1. The standard InChI is InChI=1S/C14H20F2N2O4S.ClH/c1-21-10-14(7-4-8-17-14)9-18-23(19,20)12-6-3-2-5-11(12)22-13(15)16;/h2-3,5-6,13,17-18H,4,7-10H2,1H3;1H. The summed E-state index contributed by atoms with van der Waals surface area (Å²) in [6.45, 7) is -1.87. The third-order valence-electron chi connectivity index (χ3n) is 3.71. The summed E-state index contributed by atoms with van der Waals surface area (Å²) in [5.41, 5.74) is -0.486. The van der Waals surface area contributed by atoms with Gasteiger partial charge >= 0.3 is 6.61 Å². The van der Waals surface area contributed by atoms with Crippen molar-refractivity contribution in [2.75, 3.05) is 26.8 Å². The molecule has 0 spiro atoms. The van der Waals surface area contributed by atoms with Crippen LogP contribution in [0.25, 0.3) is 0 Å². The molecule has 0 radical (unpaired) electrons. The predicted molar refractivity (Wildman–Crippen MR) is 87.4 cm³/mol. The Morgan fingerprint density at radius 3 is 2.67 bits per heavy atom. The highest BCUT2D eigenvalue weighted by atomic mass is 35.5. The van der Waals surface area contributed by atoms with E-state index >= 15 is 0 Å². The number of nitrogens with one attached hydrogen (secondary N) is 2. The second kappa shape index (κ2) is 8.91. The van der Waals surface area contributed by atoms with Gasteiger partial charge in [0.1, 0.15) is 10.6 Å². The van der Waals surface area contributed by atoms with E-state index in [4.69, 9.17) is 4.74 Å². The first-order chi connectivity index (χ1) is 10.9. The Morgan fingerprint density at radius 2 is 2.08 bits per heavy atom. The van der Waals surface area contributed by atoms with Gasteiger partial charge in [0.25, 0.3) is 0 Å². The van der Waals surface area contributed by atoms with Gasteiger partial charge in [-0.2, -0.15) is 8.78 Å². The molecule has 1 aromatic carbocycles. The molecule has 1 fully saturated rings. The van der Waals surface area contributed by atoms with E-state index in [1.807, 2.05) is 0 Å². The molecular formula is C14H21ClF2N2O4S. The fourth-order valence-electron chi connectivity index (χ4n) is 2.65. The van der Waals surface area contributed by atoms with E-state index < -0.39 is 22.2 Å². The van der Waals surface area contributed by atoms with E-state index in [-0.39, 0.29) is 29.6 Å². The Bertz CT molecular complexity index is 625. The number of ether oxygens (including phenoxy) is 2. The lowest BCUT2D eigenvalue weighted by molar-refractivity contribution is -0.0517. The first kappa shape index (κ1) is 21.0. The number of sulfonamides is 1. The monoisotopic (exact) mass is 386 g/mol. The van der Waals surface area contributed by atoms with Gasteiger partial charge in [-0.15, -0.1) is 12.4 Å². The molecule has 0 bridgehead atoms. The van der Waals surface area contributed by atoms with E-state index in [1.165, 1.54) is 24.3 Å². The molecule has 2 rings (SSSR count). The van der Waals surface area contributed by atoms with Crippen LogP contribution in [0.5, 0.6) is 5.75 Å². The molecule has 10 heteroatoms. The van der Waals surface area contributed by atoms with Crippen molar-refractivity contribution in [3.05, 3.63) is 24.3 Å². The van der Waals surface area contributed by atoms with Crippen molar-refractivity contribution >= 4 is 22.4 Å². The summed E-state index contributed by atoms with van der Waals surface area (Å²) in [5, 5.41) is 3.24. The molecular weight excluding hydrogens is 366 g/mol. The van der Waals surface area contributed by atoms with E-state index in [0.717, 1.165) is 19.4 Å². The van der Waals surface area contributed by atoms with Gasteiger partial charge in [0.2, 0.25) is 10.0 Å². The van der Waals surface area contributed by atoms with Gasteiger partial charge in [-0.1, -0.05) is 12.1 Å². The SMILES string of the molecule is COCC1(CNS(=O)(=O)c2ccccc2OC(F)F)CCCN1.Cl. The summed E-state index contributed by atoms with van der Waals surface area (Å²) in [4.78, 5) is -0.314. The summed E-state index contributed by atoms with van der Waals surface area (Å²) in [6, 6.07) is 5.30. The zero-order valence-corrected chi connectivity index (χ0v) is 14.8. The topological polar surface area (TPSA) is 76.7 Å². The Kier molecular flexibility index (Phi) is 7.81. The first-order valence-corrected chi connectivity index (χ1v) is 8.64. The number of rotatable bonds is 8. The molecule has 1 atom stereocenters. The fourth-order valence-corrected chi connectivity index (χ4v) is 3.91. The Balaban J connectivity index is 0.00000288. The second-order valence-corrected chi connectivity index (χ2v) is 7.13. The molecule has 24 heavy (non-hydrogen) atoms. The molecule has 1 aromatic rings. The predicted octanol–water partition coefficient (Wildman–Crippen LogP) is 1.76. The van der Waals surface area contributed by atoms with Gasteiger partial charge in [0, 0.05) is 13.7 Å². The van der Waals surface area contributed by atoms with Gasteiger partial charge in [0.15, 0.2) is 0 Å². The van der Waals surface area contributed by atoms with E-state index in [2.05, 4.69) is 14.8 Å². The minimum atomic E-state index is -3.98. The highest BCUT2D eigenvalue weighted by Crippen LogP contribution is 2.26. The van der Waals surface area contributed by atoms with Crippen molar-refractivity contribution in [2.24, 2.45) is 0 Å². The lowest BCUT2D eigenvalue weighted by atomic mass is 9.99. The fraction of sp³-hybridized carbons (Fsp3) is 0.571. The number of halogens is 3. The molecule has 1 unspecified atom stereocenters. The lowest BCUT2D eigenvalue weighted by Crippen LogP contribution is -2.52. The first-order valence-electron chi connectivity index (χ1n) is 7.16. The van der Waals surface area contributed by atoms with Crippen molar-refractivity contribution in [1.82, 2.24) is 10.0 Å². The van der Waals surface area contributed by atoms with Crippen LogP contribution in [0.2, 0.25) is 0 Å². The second-order valence-electron chi connectivity index (χ2n) is 5.39. The molecule has 1 saturated heterocycles. The third-order valence-corrected chi connectivity index (χ3v) is 5.15. The number of hydrogen-bond acceptors (Lipinski definition) is 5. The molecule has 138 valence electrons. The van der Waals surface area contributed by atoms with Crippen LogP contribution < -0.4 is 14.8 Å². The van der Waals surface area contributed by atoms with Crippen molar-refractivity contribution in [2.45, 2.75) is 29.9 Å². The van der Waals surface area contributed by atoms with Crippen molar-refractivity contribution in [1.29, 1.82) is 0 Å². The van der Waals surface area contributed by atoms with Crippen LogP contribution in [0, 0.1) is 0 Å². The van der Waals surface area contributed by atoms with Crippen molar-refractivity contribution < 1.29 is 26.7 Å². The molecule has 1 aliphatic heterocycles. The molecule has 0 aromatic heterocycles. The van der Waals surface area contributed by atoms with Gasteiger partial charge in [-0.3, -0.25) is 0 Å². The molecule has 1 aliphatic rings. The lowest BCUT2D eigenvalue weighted by Gasteiger charge is -2.29. The average Bonchev–Trinajstić information content (AvgIpc) is 2.95. The van der Waals surface area contributed by atoms with Crippen molar-refractivity contribution in [3.8, 4) is 5.75 Å². The minimum absolute atomic E-state index is 0. The molecule has 1 heterocycles. The maximum absolute atomic E-state index is 12.4. The number of benzene rings is 1. The molecule has 6 nitrogen and oxygen atoms in total. The van der Waals surface area contributed by atoms with E-state index in [9.17, 15) is 17.2 Å². The van der Waals surface area contributed by atoms with Gasteiger partial charge < -0.3 is 14.8 Å². The zero-order chi connectivity index (χ0) is 16.9. The summed E-state index contributed by atoms with van der Waals surface area (Å²) >= 11 is 0. The van der Waals surface area contributed by atoms with Gasteiger partial charge in [0.05, 0.1) is 12.1 Å². The summed E-state index contributed by atoms with van der Waals surface area (Å²) < 4.78 is 61.6. The van der Waals surface area contributed by atoms with Crippen LogP contribution in [0.3, 0.4) is 0 Å².